The quantitative estimate of drug-likeness (QED) is 0.235. The van der Waals surface area contributed by atoms with Crippen LogP contribution in [0.4, 0.5) is 5.69 Å². The second-order valence-corrected chi connectivity index (χ2v) is 6.51. The first-order valence-electron chi connectivity index (χ1n) is 8.86. The highest BCUT2D eigenvalue weighted by Crippen LogP contribution is 2.17. The van der Waals surface area contributed by atoms with Gasteiger partial charge in [0.2, 0.25) is 0 Å². The molecule has 1 rings (SSSR count). The number of ether oxygens (including phenoxy) is 1. The van der Waals surface area contributed by atoms with Gasteiger partial charge in [-0.1, -0.05) is 6.07 Å². The molecular formula is C19H36IN5O. The minimum atomic E-state index is 0. The number of likely N-dealkylation sites (N-methyl/N-ethyl adjacent to an activating group) is 1. The molecule has 0 aromatic heterocycles. The Morgan fingerprint density at radius 2 is 1.88 bits per heavy atom. The lowest BCUT2D eigenvalue weighted by Crippen LogP contribution is -2.40. The minimum Gasteiger partial charge on any atom is -0.385 e. The molecule has 0 saturated carbocycles. The van der Waals surface area contributed by atoms with E-state index >= 15 is 0 Å². The van der Waals surface area contributed by atoms with E-state index in [9.17, 15) is 0 Å². The van der Waals surface area contributed by atoms with Gasteiger partial charge in [0.15, 0.2) is 5.96 Å². The molecule has 0 saturated heterocycles. The number of guanidine groups is 1. The first kappa shape index (κ1) is 24.9. The van der Waals surface area contributed by atoms with Gasteiger partial charge in [0.25, 0.3) is 0 Å². The van der Waals surface area contributed by atoms with Crippen molar-refractivity contribution >= 4 is 35.6 Å². The monoisotopic (exact) mass is 477 g/mol. The first-order chi connectivity index (χ1) is 12.0. The molecule has 0 fully saturated rings. The number of aliphatic imine (C=N–C) groups is 1. The van der Waals surface area contributed by atoms with Gasteiger partial charge >= 0.3 is 0 Å². The van der Waals surface area contributed by atoms with Crippen molar-refractivity contribution in [3.63, 3.8) is 0 Å². The van der Waals surface area contributed by atoms with Gasteiger partial charge in [-0.05, 0) is 43.7 Å². The Hall–Kier alpha value is -1.06. The molecule has 0 bridgehead atoms. The molecule has 6 nitrogen and oxygen atoms in total. The van der Waals surface area contributed by atoms with E-state index < -0.39 is 0 Å². The van der Waals surface area contributed by atoms with Gasteiger partial charge in [0.05, 0.1) is 0 Å². The third kappa shape index (κ3) is 9.59. The summed E-state index contributed by atoms with van der Waals surface area (Å²) in [6.07, 6.45) is 1.06. The Labute approximate surface area is 176 Å². The average molecular weight is 477 g/mol. The molecule has 0 unspecified atom stereocenters. The van der Waals surface area contributed by atoms with Crippen LogP contribution in [-0.2, 0) is 11.3 Å². The zero-order chi connectivity index (χ0) is 18.7. The van der Waals surface area contributed by atoms with Crippen molar-refractivity contribution in [2.75, 3.05) is 66.4 Å². The van der Waals surface area contributed by atoms with Crippen LogP contribution in [0.2, 0.25) is 0 Å². The predicted molar refractivity (Wildman–Crippen MR) is 123 cm³/mol. The number of rotatable bonds is 10. The van der Waals surface area contributed by atoms with Crippen LogP contribution in [0, 0.1) is 6.92 Å². The smallest absolute Gasteiger partial charge is 0.191 e. The Balaban J connectivity index is 0.00000625. The third-order valence-electron chi connectivity index (χ3n) is 4.19. The molecule has 2 N–H and O–H groups in total. The second kappa shape index (κ2) is 14.1. The number of nitrogens with zero attached hydrogens (tertiary/aromatic N) is 3. The second-order valence-electron chi connectivity index (χ2n) is 6.51. The fraction of sp³-hybridized carbons (Fsp3) is 0.632. The number of aryl methyl sites for hydroxylation is 1. The van der Waals surface area contributed by atoms with E-state index in [-0.39, 0.29) is 24.0 Å². The molecule has 0 aliphatic rings. The van der Waals surface area contributed by atoms with Crippen LogP contribution >= 0.6 is 24.0 Å². The van der Waals surface area contributed by atoms with Crippen LogP contribution in [0.15, 0.2) is 23.2 Å². The number of hydrogen-bond acceptors (Lipinski definition) is 4. The van der Waals surface area contributed by atoms with E-state index in [1.807, 2.05) is 0 Å². The number of methoxy groups -OCH3 is 1. The fourth-order valence-electron chi connectivity index (χ4n) is 2.51. The Morgan fingerprint density at radius 1 is 1.15 bits per heavy atom. The zero-order valence-electron chi connectivity index (χ0n) is 17.1. The number of anilines is 1. The Morgan fingerprint density at radius 3 is 2.46 bits per heavy atom. The standard InChI is InChI=1S/C19H35N5O.HI/c1-16-14-18(23(3)4)9-8-17(16)15-22-19(20-2)21-10-12-24(5)11-7-13-25-6;/h8-9,14H,7,10-13,15H2,1-6H3,(H2,20,21,22);1H. The molecule has 0 radical (unpaired) electrons. The van der Waals surface area contributed by atoms with Crippen LogP contribution in [-0.4, -0.2) is 72.4 Å². The molecule has 0 aliphatic carbocycles. The summed E-state index contributed by atoms with van der Waals surface area (Å²) in [6, 6.07) is 6.53. The van der Waals surface area contributed by atoms with Gasteiger partial charge in [-0.3, -0.25) is 4.99 Å². The van der Waals surface area contributed by atoms with Gasteiger partial charge < -0.3 is 25.2 Å². The van der Waals surface area contributed by atoms with Gasteiger partial charge in [-0.25, -0.2) is 0 Å². The summed E-state index contributed by atoms with van der Waals surface area (Å²) in [7, 11) is 9.80. The molecule has 7 heteroatoms. The van der Waals surface area contributed by atoms with Gasteiger partial charge in [-0.15, -0.1) is 24.0 Å². The van der Waals surface area contributed by atoms with Crippen molar-refractivity contribution in [1.29, 1.82) is 0 Å². The van der Waals surface area contributed by atoms with Crippen LogP contribution in [0.3, 0.4) is 0 Å². The first-order valence-corrected chi connectivity index (χ1v) is 8.86. The summed E-state index contributed by atoms with van der Waals surface area (Å²) in [4.78, 5) is 8.71. The topological polar surface area (TPSA) is 52.1 Å². The summed E-state index contributed by atoms with van der Waals surface area (Å²) in [6.45, 7) is 6.60. The lowest BCUT2D eigenvalue weighted by Gasteiger charge is -2.19. The van der Waals surface area contributed by atoms with Crippen molar-refractivity contribution in [3.05, 3.63) is 29.3 Å². The normalized spacial score (nSPS) is 11.3. The maximum atomic E-state index is 5.08. The summed E-state index contributed by atoms with van der Waals surface area (Å²) >= 11 is 0. The van der Waals surface area contributed by atoms with E-state index in [1.165, 1.54) is 16.8 Å². The van der Waals surface area contributed by atoms with Crippen molar-refractivity contribution in [2.24, 2.45) is 4.99 Å². The fourth-order valence-corrected chi connectivity index (χ4v) is 2.51. The summed E-state index contributed by atoms with van der Waals surface area (Å²) in [5.41, 5.74) is 3.79. The Bertz CT molecular complexity index is 537. The molecule has 26 heavy (non-hydrogen) atoms. The van der Waals surface area contributed by atoms with Crippen LogP contribution in [0.5, 0.6) is 0 Å². The van der Waals surface area contributed by atoms with Crippen molar-refractivity contribution in [3.8, 4) is 0 Å². The van der Waals surface area contributed by atoms with Gasteiger partial charge in [-0.2, -0.15) is 0 Å². The van der Waals surface area contributed by atoms with Crippen LogP contribution in [0.25, 0.3) is 0 Å². The summed E-state index contributed by atoms with van der Waals surface area (Å²) in [5.74, 6) is 0.835. The molecule has 0 heterocycles. The number of hydrogen-bond donors (Lipinski definition) is 2. The highest BCUT2D eigenvalue weighted by molar-refractivity contribution is 14.0. The highest BCUT2D eigenvalue weighted by Gasteiger charge is 2.04. The van der Waals surface area contributed by atoms with Crippen LogP contribution < -0.4 is 15.5 Å². The van der Waals surface area contributed by atoms with Crippen LogP contribution in [0.1, 0.15) is 17.5 Å². The van der Waals surface area contributed by atoms with E-state index in [0.717, 1.165) is 45.2 Å². The average Bonchev–Trinajstić information content (AvgIpc) is 2.58. The van der Waals surface area contributed by atoms with E-state index in [1.54, 1.807) is 14.2 Å². The number of benzene rings is 1. The number of nitrogens with one attached hydrogen (secondary N) is 2. The number of halogens is 1. The van der Waals surface area contributed by atoms with Crippen molar-refractivity contribution in [2.45, 2.75) is 19.9 Å². The molecule has 0 atom stereocenters. The lowest BCUT2D eigenvalue weighted by molar-refractivity contribution is 0.180. The molecule has 0 spiro atoms. The zero-order valence-corrected chi connectivity index (χ0v) is 19.5. The van der Waals surface area contributed by atoms with E-state index in [0.29, 0.717) is 0 Å². The molecule has 1 aromatic carbocycles. The van der Waals surface area contributed by atoms with Crippen molar-refractivity contribution in [1.82, 2.24) is 15.5 Å². The highest BCUT2D eigenvalue weighted by atomic mass is 127. The third-order valence-corrected chi connectivity index (χ3v) is 4.19. The predicted octanol–water partition coefficient (Wildman–Crippen LogP) is 2.31. The molecule has 1 aromatic rings. The molecule has 0 aliphatic heterocycles. The molecule has 150 valence electrons. The van der Waals surface area contributed by atoms with Gasteiger partial charge in [0, 0.05) is 66.7 Å². The van der Waals surface area contributed by atoms with E-state index in [4.69, 9.17) is 4.74 Å². The van der Waals surface area contributed by atoms with E-state index in [2.05, 4.69) is 71.7 Å². The van der Waals surface area contributed by atoms with Gasteiger partial charge in [0.1, 0.15) is 0 Å². The molecule has 0 amide bonds. The summed E-state index contributed by atoms with van der Waals surface area (Å²) in [5, 5.41) is 6.76. The maximum absolute atomic E-state index is 5.08. The minimum absolute atomic E-state index is 0. The maximum Gasteiger partial charge on any atom is 0.191 e. The SMILES string of the molecule is CN=C(NCCN(C)CCCOC)NCc1ccc(N(C)C)cc1C.I. The largest absolute Gasteiger partial charge is 0.385 e. The molecular weight excluding hydrogens is 441 g/mol. The lowest BCUT2D eigenvalue weighted by atomic mass is 10.1. The van der Waals surface area contributed by atoms with Crippen molar-refractivity contribution < 1.29 is 4.74 Å². The summed E-state index contributed by atoms with van der Waals surface area (Å²) < 4.78 is 5.08. The Kier molecular flexibility index (Phi) is 13.5.